The summed E-state index contributed by atoms with van der Waals surface area (Å²) < 4.78 is 52.8. The molecule has 0 unspecified atom stereocenters. The number of rotatable bonds is 7. The largest absolute Gasteiger partial charge is 0.573 e. The normalized spacial score (nSPS) is 11.6. The minimum Gasteiger partial charge on any atom is -0.497 e. The highest BCUT2D eigenvalue weighted by atomic mass is 35.5. The molecule has 148 valence electrons. The number of benzene rings is 2. The third kappa shape index (κ3) is 5.70. The van der Waals surface area contributed by atoms with Crippen molar-refractivity contribution in [3.63, 3.8) is 0 Å². The summed E-state index contributed by atoms with van der Waals surface area (Å²) in [6, 6.07) is 8.00. The summed E-state index contributed by atoms with van der Waals surface area (Å²) in [6.07, 6.45) is -4.23. The van der Waals surface area contributed by atoms with Crippen molar-refractivity contribution in [2.75, 3.05) is 7.11 Å². The highest BCUT2D eigenvalue weighted by Crippen LogP contribution is 2.34. The summed E-state index contributed by atoms with van der Waals surface area (Å²) in [5.41, 5.74) is 2.24. The van der Waals surface area contributed by atoms with Crippen molar-refractivity contribution >= 4 is 11.6 Å². The Morgan fingerprint density at radius 1 is 1.07 bits per heavy atom. The molecule has 0 amide bonds. The molecule has 2 aromatic rings. The summed E-state index contributed by atoms with van der Waals surface area (Å²) in [5, 5.41) is 0.215. The van der Waals surface area contributed by atoms with Gasteiger partial charge >= 0.3 is 6.36 Å². The lowest BCUT2D eigenvalue weighted by atomic mass is 10.0. The van der Waals surface area contributed by atoms with Crippen LogP contribution in [-0.4, -0.2) is 13.5 Å². The van der Waals surface area contributed by atoms with Crippen molar-refractivity contribution in [3.8, 4) is 17.2 Å². The van der Waals surface area contributed by atoms with E-state index in [-0.39, 0.29) is 23.3 Å². The molecule has 0 saturated carbocycles. The summed E-state index contributed by atoms with van der Waals surface area (Å²) in [7, 11) is 1.56. The first-order chi connectivity index (χ1) is 12.6. The van der Waals surface area contributed by atoms with Crippen LogP contribution in [-0.2, 0) is 13.0 Å². The maximum atomic E-state index is 12.6. The van der Waals surface area contributed by atoms with Gasteiger partial charge in [0.05, 0.1) is 7.11 Å². The second-order valence-electron chi connectivity index (χ2n) is 6.29. The summed E-state index contributed by atoms with van der Waals surface area (Å²) >= 11 is 6.15. The molecule has 0 aliphatic carbocycles. The zero-order chi connectivity index (χ0) is 20.2. The van der Waals surface area contributed by atoms with Crippen LogP contribution in [0.25, 0.3) is 0 Å². The van der Waals surface area contributed by atoms with Crippen LogP contribution in [0.4, 0.5) is 13.2 Å². The molecule has 0 spiro atoms. The number of alkyl halides is 3. The van der Waals surface area contributed by atoms with Crippen LogP contribution < -0.4 is 14.2 Å². The van der Waals surface area contributed by atoms with E-state index in [0.29, 0.717) is 23.5 Å². The fraction of sp³-hybridized carbons (Fsp3) is 0.400. The third-order valence-electron chi connectivity index (χ3n) is 4.07. The summed E-state index contributed by atoms with van der Waals surface area (Å²) in [5.74, 6) is 1.10. The SMILES string of the molecule is CCc1c(Cl)cc(OC(F)(F)F)cc1COc1cc(OC)ccc1C(C)C. The number of hydrogen-bond acceptors (Lipinski definition) is 3. The maximum Gasteiger partial charge on any atom is 0.573 e. The molecule has 3 nitrogen and oxygen atoms in total. The minimum absolute atomic E-state index is 0.0604. The molecular formula is C20H22ClF3O3. The molecule has 27 heavy (non-hydrogen) atoms. The molecule has 0 aliphatic rings. The smallest absolute Gasteiger partial charge is 0.497 e. The molecule has 0 atom stereocenters. The Hall–Kier alpha value is -2.08. The van der Waals surface area contributed by atoms with Crippen molar-refractivity contribution in [2.45, 2.75) is 46.1 Å². The first-order valence-corrected chi connectivity index (χ1v) is 8.90. The lowest BCUT2D eigenvalue weighted by Crippen LogP contribution is -2.17. The molecule has 0 aromatic heterocycles. The Bertz CT molecular complexity index is 789. The topological polar surface area (TPSA) is 27.7 Å². The van der Waals surface area contributed by atoms with Gasteiger partial charge in [-0.3, -0.25) is 0 Å². The average Bonchev–Trinajstić information content (AvgIpc) is 2.57. The number of halogens is 4. The molecule has 0 heterocycles. The first kappa shape index (κ1) is 21.2. The lowest BCUT2D eigenvalue weighted by molar-refractivity contribution is -0.274. The van der Waals surface area contributed by atoms with E-state index in [1.807, 2.05) is 32.9 Å². The minimum atomic E-state index is -4.78. The number of hydrogen-bond donors (Lipinski definition) is 0. The fourth-order valence-corrected chi connectivity index (χ4v) is 3.14. The van der Waals surface area contributed by atoms with Gasteiger partial charge in [-0.1, -0.05) is 38.4 Å². The Labute approximate surface area is 162 Å². The van der Waals surface area contributed by atoms with E-state index in [1.54, 1.807) is 13.2 Å². The van der Waals surface area contributed by atoms with Crippen LogP contribution in [0.1, 0.15) is 43.4 Å². The van der Waals surface area contributed by atoms with Gasteiger partial charge in [0.1, 0.15) is 23.9 Å². The maximum absolute atomic E-state index is 12.6. The molecule has 0 aliphatic heterocycles. The van der Waals surface area contributed by atoms with Crippen LogP contribution >= 0.6 is 11.6 Å². The molecule has 0 radical (unpaired) electrons. The van der Waals surface area contributed by atoms with Crippen molar-refractivity contribution < 1.29 is 27.4 Å². The Kier molecular flexibility index (Phi) is 6.87. The van der Waals surface area contributed by atoms with E-state index < -0.39 is 6.36 Å². The highest BCUT2D eigenvalue weighted by molar-refractivity contribution is 6.31. The summed E-state index contributed by atoms with van der Waals surface area (Å²) in [6.45, 7) is 5.99. The molecule has 0 saturated heterocycles. The van der Waals surface area contributed by atoms with E-state index in [1.165, 1.54) is 12.1 Å². The Balaban J connectivity index is 2.34. The van der Waals surface area contributed by atoms with Gasteiger partial charge in [0.15, 0.2) is 0 Å². The highest BCUT2D eigenvalue weighted by Gasteiger charge is 2.31. The molecule has 0 bridgehead atoms. The monoisotopic (exact) mass is 402 g/mol. The van der Waals surface area contributed by atoms with Crippen molar-refractivity contribution in [1.82, 2.24) is 0 Å². The van der Waals surface area contributed by atoms with Gasteiger partial charge in [-0.2, -0.15) is 0 Å². The predicted molar refractivity (Wildman–Crippen MR) is 98.9 cm³/mol. The zero-order valence-electron chi connectivity index (χ0n) is 15.6. The quantitative estimate of drug-likeness (QED) is 0.528. The molecule has 0 fully saturated rings. The van der Waals surface area contributed by atoms with Gasteiger partial charge < -0.3 is 14.2 Å². The average molecular weight is 403 g/mol. The molecule has 0 N–H and O–H groups in total. The van der Waals surface area contributed by atoms with Crippen LogP contribution in [0.3, 0.4) is 0 Å². The zero-order valence-corrected chi connectivity index (χ0v) is 16.4. The van der Waals surface area contributed by atoms with E-state index in [2.05, 4.69) is 4.74 Å². The summed E-state index contributed by atoms with van der Waals surface area (Å²) in [4.78, 5) is 0. The van der Waals surface area contributed by atoms with E-state index in [4.69, 9.17) is 21.1 Å². The van der Waals surface area contributed by atoms with Crippen LogP contribution in [0.15, 0.2) is 30.3 Å². The van der Waals surface area contributed by atoms with E-state index in [0.717, 1.165) is 11.1 Å². The van der Waals surface area contributed by atoms with Gasteiger partial charge in [0.2, 0.25) is 0 Å². The van der Waals surface area contributed by atoms with Gasteiger partial charge in [0.25, 0.3) is 0 Å². The standard InChI is InChI=1S/C20H22ClF3O3/c1-5-16-13(8-15(9-18(16)21)27-20(22,23)24)11-26-19-10-14(25-4)6-7-17(19)12(2)3/h6-10,12H,5,11H2,1-4H3. The Morgan fingerprint density at radius 3 is 2.33 bits per heavy atom. The molecule has 2 aromatic carbocycles. The van der Waals surface area contributed by atoms with Crippen LogP contribution in [0.2, 0.25) is 5.02 Å². The Morgan fingerprint density at radius 2 is 1.78 bits per heavy atom. The lowest BCUT2D eigenvalue weighted by Gasteiger charge is -2.18. The van der Waals surface area contributed by atoms with Gasteiger partial charge in [-0.15, -0.1) is 13.2 Å². The van der Waals surface area contributed by atoms with Gasteiger partial charge in [-0.05, 0) is 47.2 Å². The molecule has 2 rings (SSSR count). The number of ether oxygens (including phenoxy) is 3. The van der Waals surface area contributed by atoms with E-state index in [9.17, 15) is 13.2 Å². The molecule has 7 heteroatoms. The molecular weight excluding hydrogens is 381 g/mol. The van der Waals surface area contributed by atoms with Crippen molar-refractivity contribution in [1.29, 1.82) is 0 Å². The predicted octanol–water partition coefficient (Wildman–Crippen LogP) is 6.51. The first-order valence-electron chi connectivity index (χ1n) is 8.52. The van der Waals surface area contributed by atoms with Crippen molar-refractivity contribution in [2.24, 2.45) is 0 Å². The van der Waals surface area contributed by atoms with Gasteiger partial charge in [-0.25, -0.2) is 0 Å². The third-order valence-corrected chi connectivity index (χ3v) is 4.41. The fourth-order valence-electron chi connectivity index (χ4n) is 2.78. The van der Waals surface area contributed by atoms with Crippen LogP contribution in [0, 0.1) is 0 Å². The second kappa shape index (κ2) is 8.74. The van der Waals surface area contributed by atoms with Crippen LogP contribution in [0.5, 0.6) is 17.2 Å². The van der Waals surface area contributed by atoms with E-state index >= 15 is 0 Å². The van der Waals surface area contributed by atoms with Gasteiger partial charge in [0, 0.05) is 11.1 Å². The number of methoxy groups -OCH3 is 1. The second-order valence-corrected chi connectivity index (χ2v) is 6.70. The van der Waals surface area contributed by atoms with Crippen molar-refractivity contribution in [3.05, 3.63) is 52.0 Å².